The summed E-state index contributed by atoms with van der Waals surface area (Å²) < 4.78 is 14.5. The molecule has 0 aliphatic rings. The summed E-state index contributed by atoms with van der Waals surface area (Å²) in [6.07, 6.45) is 0. The Kier molecular flexibility index (Phi) is 5.64. The fourth-order valence-corrected chi connectivity index (χ4v) is 3.75. The Hall–Kier alpha value is -0.840. The van der Waals surface area contributed by atoms with Gasteiger partial charge in [0.05, 0.1) is 0 Å². The van der Waals surface area contributed by atoms with Crippen molar-refractivity contribution in [3.05, 3.63) is 63.9 Å². The lowest BCUT2D eigenvalue weighted by atomic mass is 10.0. The molecule has 2 aromatic carbocycles. The van der Waals surface area contributed by atoms with Gasteiger partial charge < -0.3 is 5.32 Å². The van der Waals surface area contributed by atoms with Crippen molar-refractivity contribution in [1.29, 1.82) is 0 Å². The third-order valence-electron chi connectivity index (χ3n) is 3.21. The predicted molar refractivity (Wildman–Crippen MR) is 87.8 cm³/mol. The fourth-order valence-electron chi connectivity index (χ4n) is 2.05. The van der Waals surface area contributed by atoms with E-state index in [4.69, 9.17) is 0 Å². The van der Waals surface area contributed by atoms with E-state index in [0.717, 1.165) is 21.4 Å². The van der Waals surface area contributed by atoms with Gasteiger partial charge in [-0.2, -0.15) is 0 Å². The Bertz CT molecular complexity index is 588. The molecule has 0 bridgehead atoms. The second-order valence-electron chi connectivity index (χ2n) is 4.58. The fraction of sp³-hybridized carbons (Fsp3) is 0.250. The minimum atomic E-state index is -0.184. The van der Waals surface area contributed by atoms with Gasteiger partial charge in [-0.05, 0) is 65.3 Å². The van der Waals surface area contributed by atoms with E-state index in [1.54, 1.807) is 17.8 Å². The number of nitrogens with one attached hydrogen (secondary N) is 1. The third-order valence-corrected chi connectivity index (χ3v) is 5.33. The van der Waals surface area contributed by atoms with E-state index in [9.17, 15) is 4.39 Å². The Labute approximate surface area is 132 Å². The second kappa shape index (κ2) is 7.25. The molecule has 0 saturated carbocycles. The Balaban J connectivity index is 2.13. The van der Waals surface area contributed by atoms with Gasteiger partial charge in [-0.1, -0.05) is 18.2 Å². The molecule has 0 aromatic heterocycles. The van der Waals surface area contributed by atoms with Crippen molar-refractivity contribution in [3.63, 3.8) is 0 Å². The largest absolute Gasteiger partial charge is 0.312 e. The third kappa shape index (κ3) is 3.84. The molecule has 0 amide bonds. The van der Waals surface area contributed by atoms with E-state index in [1.807, 2.05) is 38.2 Å². The first-order chi connectivity index (χ1) is 9.61. The maximum atomic E-state index is 13.4. The van der Waals surface area contributed by atoms with Gasteiger partial charge in [0, 0.05) is 21.2 Å². The summed E-state index contributed by atoms with van der Waals surface area (Å²) in [6, 6.07) is 13.2. The lowest BCUT2D eigenvalue weighted by molar-refractivity contribution is 0.609. The zero-order chi connectivity index (χ0) is 14.5. The maximum absolute atomic E-state index is 13.4. The highest BCUT2D eigenvalue weighted by atomic mass is 79.9. The summed E-state index contributed by atoms with van der Waals surface area (Å²) in [5, 5.41) is 3.27. The molecule has 1 atom stereocenters. The first-order valence-electron chi connectivity index (χ1n) is 6.42. The molecule has 0 fully saturated rings. The van der Waals surface area contributed by atoms with E-state index in [1.165, 1.54) is 11.0 Å². The monoisotopic (exact) mass is 353 g/mol. The molecule has 106 valence electrons. The van der Waals surface area contributed by atoms with Crippen LogP contribution in [0.25, 0.3) is 0 Å². The minimum Gasteiger partial charge on any atom is -0.312 e. The Morgan fingerprint density at radius 3 is 2.70 bits per heavy atom. The quantitative estimate of drug-likeness (QED) is 0.763. The molecule has 0 aliphatic carbocycles. The van der Waals surface area contributed by atoms with Gasteiger partial charge in [0.25, 0.3) is 0 Å². The highest BCUT2D eigenvalue weighted by molar-refractivity contribution is 9.10. The number of halogens is 2. The van der Waals surface area contributed by atoms with Crippen molar-refractivity contribution in [1.82, 2.24) is 5.32 Å². The standard InChI is InChI=1S/C16H17BrFNS/c1-11-7-8-12(18)9-13(11)15(19-2)10-20-16-6-4-3-5-14(16)17/h3-9,15,19H,10H2,1-2H3. The molecule has 0 saturated heterocycles. The Morgan fingerprint density at radius 2 is 2.00 bits per heavy atom. The molecular formula is C16H17BrFNS. The Morgan fingerprint density at radius 1 is 1.25 bits per heavy atom. The molecule has 1 unspecified atom stereocenters. The van der Waals surface area contributed by atoms with E-state index in [2.05, 4.69) is 27.3 Å². The van der Waals surface area contributed by atoms with Gasteiger partial charge in [-0.3, -0.25) is 0 Å². The molecule has 0 aliphatic heterocycles. The average Bonchev–Trinajstić information content (AvgIpc) is 2.45. The number of benzene rings is 2. The number of hydrogen-bond acceptors (Lipinski definition) is 2. The summed E-state index contributed by atoms with van der Waals surface area (Å²) >= 11 is 5.31. The van der Waals surface area contributed by atoms with Gasteiger partial charge in [0.15, 0.2) is 0 Å². The van der Waals surface area contributed by atoms with Crippen LogP contribution in [0.2, 0.25) is 0 Å². The number of rotatable bonds is 5. The summed E-state index contributed by atoms with van der Waals surface area (Å²) in [5.41, 5.74) is 2.13. The van der Waals surface area contributed by atoms with E-state index in [0.29, 0.717) is 0 Å². The second-order valence-corrected chi connectivity index (χ2v) is 6.50. The zero-order valence-corrected chi connectivity index (χ0v) is 13.9. The van der Waals surface area contributed by atoms with Crippen LogP contribution >= 0.6 is 27.7 Å². The van der Waals surface area contributed by atoms with Crippen LogP contribution < -0.4 is 5.32 Å². The van der Waals surface area contributed by atoms with Crippen LogP contribution in [0.3, 0.4) is 0 Å². The van der Waals surface area contributed by atoms with E-state index >= 15 is 0 Å². The lowest BCUT2D eigenvalue weighted by Crippen LogP contribution is -2.20. The first-order valence-corrected chi connectivity index (χ1v) is 8.20. The van der Waals surface area contributed by atoms with Crippen molar-refractivity contribution >= 4 is 27.7 Å². The molecule has 1 N–H and O–H groups in total. The summed E-state index contributed by atoms with van der Waals surface area (Å²) in [7, 11) is 1.91. The van der Waals surface area contributed by atoms with Gasteiger partial charge in [-0.25, -0.2) is 4.39 Å². The highest BCUT2D eigenvalue weighted by Crippen LogP contribution is 2.31. The van der Waals surface area contributed by atoms with Crippen LogP contribution in [-0.4, -0.2) is 12.8 Å². The van der Waals surface area contributed by atoms with Gasteiger partial charge in [0.2, 0.25) is 0 Å². The number of thioether (sulfide) groups is 1. The smallest absolute Gasteiger partial charge is 0.123 e. The summed E-state index contributed by atoms with van der Waals surface area (Å²) in [4.78, 5) is 1.20. The zero-order valence-electron chi connectivity index (χ0n) is 11.5. The van der Waals surface area contributed by atoms with Crippen LogP contribution in [0.1, 0.15) is 17.2 Å². The van der Waals surface area contributed by atoms with Crippen molar-refractivity contribution < 1.29 is 4.39 Å². The van der Waals surface area contributed by atoms with Gasteiger partial charge in [0.1, 0.15) is 5.82 Å². The molecular weight excluding hydrogens is 337 g/mol. The van der Waals surface area contributed by atoms with Crippen LogP contribution in [0.15, 0.2) is 51.8 Å². The summed E-state index contributed by atoms with van der Waals surface area (Å²) in [6.45, 7) is 2.02. The van der Waals surface area contributed by atoms with Gasteiger partial charge in [-0.15, -0.1) is 11.8 Å². The molecule has 4 heteroatoms. The molecule has 0 spiro atoms. The topological polar surface area (TPSA) is 12.0 Å². The van der Waals surface area contributed by atoms with Crippen molar-refractivity contribution in [3.8, 4) is 0 Å². The lowest BCUT2D eigenvalue weighted by Gasteiger charge is -2.19. The number of hydrogen-bond donors (Lipinski definition) is 1. The van der Waals surface area contributed by atoms with Crippen LogP contribution in [0.5, 0.6) is 0 Å². The van der Waals surface area contributed by atoms with Crippen LogP contribution in [0, 0.1) is 12.7 Å². The SMILES string of the molecule is CNC(CSc1ccccc1Br)c1cc(F)ccc1C. The van der Waals surface area contributed by atoms with Crippen molar-refractivity contribution in [2.75, 3.05) is 12.8 Å². The van der Waals surface area contributed by atoms with Crippen LogP contribution in [0.4, 0.5) is 4.39 Å². The first kappa shape index (κ1) is 15.5. The molecule has 0 radical (unpaired) electrons. The van der Waals surface area contributed by atoms with Crippen LogP contribution in [-0.2, 0) is 0 Å². The molecule has 1 nitrogen and oxygen atoms in total. The minimum absolute atomic E-state index is 0.128. The average molecular weight is 354 g/mol. The van der Waals surface area contributed by atoms with E-state index in [-0.39, 0.29) is 11.9 Å². The maximum Gasteiger partial charge on any atom is 0.123 e. The highest BCUT2D eigenvalue weighted by Gasteiger charge is 2.14. The van der Waals surface area contributed by atoms with Crippen molar-refractivity contribution in [2.45, 2.75) is 17.9 Å². The predicted octanol–water partition coefficient (Wildman–Crippen LogP) is 4.95. The molecule has 20 heavy (non-hydrogen) atoms. The molecule has 2 rings (SSSR count). The van der Waals surface area contributed by atoms with Crippen molar-refractivity contribution in [2.24, 2.45) is 0 Å². The normalized spacial score (nSPS) is 12.4. The van der Waals surface area contributed by atoms with E-state index < -0.39 is 0 Å². The molecule has 0 heterocycles. The summed E-state index contributed by atoms with van der Waals surface area (Å²) in [5.74, 6) is 0.667. The van der Waals surface area contributed by atoms with Gasteiger partial charge >= 0.3 is 0 Å². The molecule has 2 aromatic rings. The number of aryl methyl sites for hydroxylation is 1.